The minimum atomic E-state index is -6.06. The van der Waals surface area contributed by atoms with Crippen molar-refractivity contribution >= 4 is 40.6 Å². The molecule has 9 rings (SSSR count). The minimum absolute atomic E-state index is 0. The predicted molar refractivity (Wildman–Crippen MR) is 299 cm³/mol. The molecule has 4 aromatic heterocycles. The van der Waals surface area contributed by atoms with Crippen LogP contribution in [-0.4, -0.2) is 134 Å². The van der Waals surface area contributed by atoms with Crippen molar-refractivity contribution in [1.82, 2.24) is 29.4 Å². The number of amides is 2. The zero-order chi connectivity index (χ0) is 58.7. The summed E-state index contributed by atoms with van der Waals surface area (Å²) in [4.78, 5) is 30.3. The number of rotatable bonds is 9. The Balaban J connectivity index is 0.000000238. The number of ether oxygens (including phenoxy) is 5. The molecule has 7 heterocycles. The van der Waals surface area contributed by atoms with E-state index in [-0.39, 0.29) is 48.2 Å². The van der Waals surface area contributed by atoms with Crippen LogP contribution in [0.3, 0.4) is 0 Å². The molecular formula is C56H75N7O14OsS2. The van der Waals surface area contributed by atoms with Gasteiger partial charge in [-0.05, 0) is 104 Å². The summed E-state index contributed by atoms with van der Waals surface area (Å²) in [6.07, 6.45) is 0.877. The maximum absolute atomic E-state index is 13.5. The average Bonchev–Trinajstić information content (AvgIpc) is 4.21. The number of carbonyl (C=O) groups is 2. The summed E-state index contributed by atoms with van der Waals surface area (Å²) in [6.45, 7) is 22.0. The summed E-state index contributed by atoms with van der Waals surface area (Å²) < 4.78 is 66.3. The van der Waals surface area contributed by atoms with E-state index in [1.807, 2.05) is 93.0 Å². The molecule has 1 atom stereocenters. The van der Waals surface area contributed by atoms with Crippen LogP contribution >= 0.6 is 22.7 Å². The fourth-order valence-electron chi connectivity index (χ4n) is 8.29. The number of fused-ring (bicyclic) bond motifs is 6. The molecule has 6 aromatic rings. The first-order chi connectivity index (χ1) is 36.7. The van der Waals surface area contributed by atoms with E-state index in [4.69, 9.17) is 48.0 Å². The first-order valence-corrected chi connectivity index (χ1v) is 31.0. The van der Waals surface area contributed by atoms with Gasteiger partial charge in [-0.15, -0.1) is 0 Å². The zero-order valence-corrected chi connectivity index (χ0v) is 51.4. The number of likely N-dealkylation sites (N-methyl/N-ethyl adjacent to an activating group) is 1. The van der Waals surface area contributed by atoms with Gasteiger partial charge in [0.15, 0.2) is 11.4 Å². The quantitative estimate of drug-likeness (QED) is 0.101. The molecule has 1 fully saturated rings. The Morgan fingerprint density at radius 3 is 1.51 bits per heavy atom. The van der Waals surface area contributed by atoms with E-state index in [0.717, 1.165) is 56.5 Å². The number of aromatic nitrogens is 4. The third kappa shape index (κ3) is 15.2. The molecule has 0 spiro atoms. The molecule has 3 aliphatic heterocycles. The molecule has 2 amide bonds. The molecule has 2 N–H and O–H groups in total. The van der Waals surface area contributed by atoms with Crippen LogP contribution in [0, 0.1) is 5.21 Å². The molecule has 1 unspecified atom stereocenters. The van der Waals surface area contributed by atoms with Crippen molar-refractivity contribution in [2.75, 3.05) is 61.7 Å². The number of aliphatic hydroxyl groups excluding tert-OH is 1. The van der Waals surface area contributed by atoms with Crippen molar-refractivity contribution in [3.05, 3.63) is 102 Å². The standard InChI is InChI=1S/C25H31N3O5S.C25H29N3O3S.C5H11NO2.CH4.4O.Os/c1-24(2,3)27(6)23(30)20-17-12-33-19-11-18(32-7)16(22(29)25(4,5)31)10-15(19)21(17)28(26-20)14-8-9-34-13-14;1-15(2)10-16-11-18-21(12-20(16)30-7)31-13-19-22(24(29)27(6)25(3,4)5)26-28(23(18)19)17-8-9-32-14-17;1-6(7)2-4-8-5-3-6;;;;;;/h8-11,13,22,29,31H,12H2,1-7H3;8-12,14H,13H2,1-7H3;2-5H2,1H3;1H4;;;;;. The van der Waals surface area contributed by atoms with Gasteiger partial charge in [-0.25, -0.2) is 9.36 Å². The van der Waals surface area contributed by atoms with Gasteiger partial charge in [-0.1, -0.05) is 19.1 Å². The van der Waals surface area contributed by atoms with Crippen LogP contribution in [0.2, 0.25) is 0 Å². The number of nitrogens with zero attached hydrogens (tertiary/aromatic N) is 7. The molecule has 0 bridgehead atoms. The number of allylic oxidation sites excluding steroid dienone is 1. The second-order valence-electron chi connectivity index (χ2n) is 22.0. The van der Waals surface area contributed by atoms with Crippen molar-refractivity contribution in [3.8, 4) is 56.9 Å². The summed E-state index contributed by atoms with van der Waals surface area (Å²) in [5, 5.41) is 49.8. The van der Waals surface area contributed by atoms with E-state index < -0.39 is 26.5 Å². The summed E-state index contributed by atoms with van der Waals surface area (Å²) >= 11 is -2.93. The molecule has 3 aliphatic rings. The molecular weight excluding hydrogens is 1250 g/mol. The summed E-state index contributed by atoms with van der Waals surface area (Å²) in [6, 6.07) is 11.4. The molecule has 438 valence electrons. The number of methoxy groups -OCH3 is 2. The van der Waals surface area contributed by atoms with Crippen LogP contribution in [0.5, 0.6) is 23.0 Å². The molecule has 21 nitrogen and oxygen atoms in total. The Bertz CT molecular complexity index is 3410. The number of quaternary nitrogens is 1. The van der Waals surface area contributed by atoms with E-state index >= 15 is 0 Å². The molecule has 0 aliphatic carbocycles. The average molecular weight is 1320 g/mol. The first-order valence-electron chi connectivity index (χ1n) is 25.0. The predicted octanol–water partition coefficient (Wildman–Crippen LogP) is 10.1. The number of hydrogen-bond acceptors (Lipinski definition) is 18. The van der Waals surface area contributed by atoms with Crippen LogP contribution in [0.25, 0.3) is 40.0 Å². The summed E-state index contributed by atoms with van der Waals surface area (Å²) in [5.41, 5.74) is 7.58. The molecule has 24 heteroatoms. The summed E-state index contributed by atoms with van der Waals surface area (Å²) in [7, 11) is 8.42. The third-order valence-electron chi connectivity index (χ3n) is 13.2. The van der Waals surface area contributed by atoms with Gasteiger partial charge in [0.25, 0.3) is 11.8 Å². The molecule has 0 radical (unpaired) electrons. The van der Waals surface area contributed by atoms with Crippen LogP contribution < -0.4 is 18.9 Å². The van der Waals surface area contributed by atoms with Crippen molar-refractivity contribution in [3.63, 3.8) is 0 Å². The molecule has 1 saturated heterocycles. The molecule has 80 heavy (non-hydrogen) atoms. The number of thiophene rings is 2. The molecule has 2 aromatic carbocycles. The molecule has 0 saturated carbocycles. The zero-order valence-electron chi connectivity index (χ0n) is 47.3. The van der Waals surface area contributed by atoms with E-state index in [2.05, 4.69) is 26.0 Å². The van der Waals surface area contributed by atoms with Crippen molar-refractivity contribution in [2.45, 2.75) is 113 Å². The van der Waals surface area contributed by atoms with E-state index in [1.54, 1.807) is 59.2 Å². The normalized spacial score (nSPS) is 14.5. The van der Waals surface area contributed by atoms with Crippen LogP contribution in [0.1, 0.15) is 126 Å². The van der Waals surface area contributed by atoms with Crippen LogP contribution in [0.15, 0.2) is 63.5 Å². The van der Waals surface area contributed by atoms with Gasteiger partial charge in [0.2, 0.25) is 0 Å². The number of hydrogen-bond donors (Lipinski definition) is 2. The number of aliphatic hydroxyl groups is 2. The van der Waals surface area contributed by atoms with Crippen molar-refractivity contribution < 1.29 is 77.1 Å². The van der Waals surface area contributed by atoms with Gasteiger partial charge in [-0.3, -0.25) is 9.59 Å². The van der Waals surface area contributed by atoms with Crippen LogP contribution in [0.4, 0.5) is 0 Å². The number of morpholine rings is 1. The van der Waals surface area contributed by atoms with Crippen molar-refractivity contribution in [1.29, 1.82) is 0 Å². The topological polar surface area (TPSA) is 254 Å². The van der Waals surface area contributed by atoms with Gasteiger partial charge in [0.1, 0.15) is 55.4 Å². The first kappa shape index (κ1) is 64.6. The van der Waals surface area contributed by atoms with E-state index in [1.165, 1.54) is 32.3 Å². The monoisotopic (exact) mass is 1330 g/mol. The van der Waals surface area contributed by atoms with Gasteiger partial charge >= 0.3 is 29.0 Å². The van der Waals surface area contributed by atoms with Gasteiger partial charge < -0.3 is 53.6 Å². The Morgan fingerprint density at radius 2 is 1.18 bits per heavy atom. The SMILES string of the molecule is C.COc1cc2c(cc1C(O)C(C)(C)O)-c1c(c(C(=O)N(C)C(C)(C)C)nn1-c1ccsc1)CO2.COc1cc2c(cc1C=C(C)C)-c1c(c(C(=O)N(C)C(C)(C)C)nn1-c1ccsc1)CO2.C[N+]1([O-])CCOCC1.[O]=[Os](=[O])(=[O])=[O]. The number of carbonyl (C=O) groups excluding carboxylic acids is 2. The third-order valence-corrected chi connectivity index (χ3v) is 14.6. The fourth-order valence-corrected chi connectivity index (χ4v) is 9.52. The van der Waals surface area contributed by atoms with Crippen molar-refractivity contribution in [2.24, 2.45) is 0 Å². The Kier molecular flexibility index (Phi) is 20.4. The Hall–Kier alpha value is -6.22. The second kappa shape index (κ2) is 25.3. The van der Waals surface area contributed by atoms with Gasteiger partial charge in [-0.2, -0.15) is 32.9 Å². The Labute approximate surface area is 478 Å². The summed E-state index contributed by atoms with van der Waals surface area (Å²) in [5.74, 6) is 2.11. The fraction of sp³-hybridized carbons (Fsp3) is 0.464. The number of hydroxylamine groups is 3. The second-order valence-corrected chi connectivity index (χ2v) is 26.1. The maximum atomic E-state index is 13.5. The van der Waals surface area contributed by atoms with Crippen LogP contribution in [-0.2, 0) is 46.9 Å². The van der Waals surface area contributed by atoms with E-state index in [0.29, 0.717) is 65.9 Å². The van der Waals surface area contributed by atoms with E-state index in [9.17, 15) is 25.0 Å². The Morgan fingerprint density at radius 1 is 0.762 bits per heavy atom. The van der Waals surface area contributed by atoms with Gasteiger partial charge in [0.05, 0.1) is 62.8 Å². The number of benzene rings is 2. The van der Waals surface area contributed by atoms with Gasteiger partial charge in [0, 0.05) is 81.4 Å².